The van der Waals surface area contributed by atoms with Gasteiger partial charge in [-0.25, -0.2) is 0 Å². The highest BCUT2D eigenvalue weighted by Crippen LogP contribution is 2.38. The van der Waals surface area contributed by atoms with Crippen LogP contribution in [0, 0.1) is 0 Å². The number of halogens is 4. The van der Waals surface area contributed by atoms with E-state index >= 15 is 0 Å². The normalized spacial score (nSPS) is 12.6. The predicted octanol–water partition coefficient (Wildman–Crippen LogP) is 3.67. The fourth-order valence-electron chi connectivity index (χ4n) is 4.38. The highest BCUT2D eigenvalue weighted by Gasteiger charge is 2.35. The Labute approximate surface area is 264 Å². The van der Waals surface area contributed by atoms with E-state index in [1.807, 2.05) is 18.2 Å². The van der Waals surface area contributed by atoms with Gasteiger partial charge in [-0.05, 0) is 60.9 Å². The van der Waals surface area contributed by atoms with Crippen molar-refractivity contribution < 1.29 is 32.3 Å². The highest BCUT2D eigenvalue weighted by atomic mass is 35.5. The van der Waals surface area contributed by atoms with E-state index in [1.165, 1.54) is 35.2 Å². The average molecular weight is 649 g/mol. The van der Waals surface area contributed by atoms with Gasteiger partial charge in [0.15, 0.2) is 0 Å². The number of alkyl halides is 3. The standard InChI is InChI=1S/C31H36ClF3N6O4/c32-21-7-9-22(10-8-21)45-23-11-13-26(24(18-23)31(33,34)35)39-30(44)27(12-6-20-4-2-1-3-5-20)40-29(43)25(38)19-28(42)41(16-14-36)17-15-37/h1-5,7-11,13,18,25,27H,6,12,14-17,19,36-38H2,(H,39,44)(H,40,43)/t25-,27-/m0/s1. The summed E-state index contributed by atoms with van der Waals surface area (Å²) >= 11 is 5.86. The molecular weight excluding hydrogens is 613 g/mol. The first kappa shape index (κ1) is 35.3. The maximum Gasteiger partial charge on any atom is 0.418 e. The molecule has 0 saturated heterocycles. The molecule has 0 unspecified atom stereocenters. The molecule has 45 heavy (non-hydrogen) atoms. The van der Waals surface area contributed by atoms with E-state index in [1.54, 1.807) is 12.1 Å². The first-order chi connectivity index (χ1) is 21.4. The summed E-state index contributed by atoms with van der Waals surface area (Å²) in [4.78, 5) is 40.5. The lowest BCUT2D eigenvalue weighted by Crippen LogP contribution is -2.52. The molecule has 0 bridgehead atoms. The van der Waals surface area contributed by atoms with E-state index in [4.69, 9.17) is 33.5 Å². The van der Waals surface area contributed by atoms with Gasteiger partial charge in [0, 0.05) is 31.2 Å². The summed E-state index contributed by atoms with van der Waals surface area (Å²) in [7, 11) is 0. The maximum absolute atomic E-state index is 14.1. The second kappa shape index (κ2) is 16.8. The third-order valence-corrected chi connectivity index (χ3v) is 6.94. The van der Waals surface area contributed by atoms with E-state index in [2.05, 4.69) is 10.6 Å². The van der Waals surface area contributed by atoms with Crippen molar-refractivity contribution in [1.29, 1.82) is 0 Å². The van der Waals surface area contributed by atoms with Gasteiger partial charge in [-0.3, -0.25) is 14.4 Å². The Morgan fingerprint density at radius 2 is 1.51 bits per heavy atom. The Bertz CT molecular complexity index is 1420. The second-order valence-corrected chi connectivity index (χ2v) is 10.5. The molecule has 3 amide bonds. The minimum Gasteiger partial charge on any atom is -0.457 e. The van der Waals surface area contributed by atoms with E-state index in [9.17, 15) is 27.6 Å². The minimum absolute atomic E-state index is 0.0356. The summed E-state index contributed by atoms with van der Waals surface area (Å²) in [5.41, 5.74) is 16.2. The van der Waals surface area contributed by atoms with Crippen LogP contribution in [0.15, 0.2) is 72.8 Å². The zero-order valence-electron chi connectivity index (χ0n) is 24.4. The number of nitrogens with one attached hydrogen (secondary N) is 2. The summed E-state index contributed by atoms with van der Waals surface area (Å²) in [6.45, 7) is 0.807. The number of nitrogens with zero attached hydrogens (tertiary/aromatic N) is 1. The quantitative estimate of drug-likeness (QED) is 0.168. The number of hydrogen-bond acceptors (Lipinski definition) is 7. The number of ether oxygens (including phenoxy) is 1. The monoisotopic (exact) mass is 648 g/mol. The Balaban J connectivity index is 1.80. The zero-order chi connectivity index (χ0) is 33.0. The smallest absolute Gasteiger partial charge is 0.418 e. The fourth-order valence-corrected chi connectivity index (χ4v) is 4.50. The molecule has 0 aliphatic heterocycles. The number of amides is 3. The van der Waals surface area contributed by atoms with E-state index in [0.29, 0.717) is 11.4 Å². The van der Waals surface area contributed by atoms with Gasteiger partial charge in [0.1, 0.15) is 17.5 Å². The molecular formula is C31H36ClF3N6O4. The molecule has 0 radical (unpaired) electrons. The number of rotatable bonds is 15. The summed E-state index contributed by atoms with van der Waals surface area (Å²) in [5, 5.41) is 5.24. The van der Waals surface area contributed by atoms with E-state index < -0.39 is 47.2 Å². The largest absolute Gasteiger partial charge is 0.457 e. The van der Waals surface area contributed by atoms with E-state index in [0.717, 1.165) is 17.7 Å². The Morgan fingerprint density at radius 1 is 0.889 bits per heavy atom. The molecule has 3 rings (SSSR count). The first-order valence-electron chi connectivity index (χ1n) is 14.1. The molecule has 2 atom stereocenters. The van der Waals surface area contributed by atoms with Gasteiger partial charge in [-0.2, -0.15) is 13.2 Å². The molecule has 0 aliphatic rings. The molecule has 3 aromatic carbocycles. The highest BCUT2D eigenvalue weighted by molar-refractivity contribution is 6.30. The minimum atomic E-state index is -4.85. The molecule has 3 aromatic rings. The summed E-state index contributed by atoms with van der Waals surface area (Å²) in [6, 6.07) is 15.5. The lowest BCUT2D eigenvalue weighted by molar-refractivity contribution is -0.137. The maximum atomic E-state index is 14.1. The van der Waals surface area contributed by atoms with Gasteiger partial charge < -0.3 is 37.5 Å². The number of carbonyl (C=O) groups is 3. The van der Waals surface area contributed by atoms with Crippen molar-refractivity contribution in [2.75, 3.05) is 31.5 Å². The Hall–Kier alpha value is -4.17. The molecule has 8 N–H and O–H groups in total. The predicted molar refractivity (Wildman–Crippen MR) is 166 cm³/mol. The number of anilines is 1. The molecule has 0 aromatic heterocycles. The summed E-state index contributed by atoms with van der Waals surface area (Å²) in [5.74, 6) is -2.03. The topological polar surface area (TPSA) is 166 Å². The first-order valence-corrected chi connectivity index (χ1v) is 14.5. The van der Waals surface area contributed by atoms with Gasteiger partial charge in [0.2, 0.25) is 17.7 Å². The van der Waals surface area contributed by atoms with E-state index in [-0.39, 0.29) is 50.5 Å². The molecule has 242 valence electrons. The van der Waals surface area contributed by atoms with Crippen LogP contribution in [0.25, 0.3) is 0 Å². The molecule has 0 aliphatic carbocycles. The summed E-state index contributed by atoms with van der Waals surface area (Å²) in [6.07, 6.45) is -4.89. The van der Waals surface area contributed by atoms with Crippen molar-refractivity contribution in [2.24, 2.45) is 17.2 Å². The fraction of sp³-hybridized carbons (Fsp3) is 0.323. The number of carbonyl (C=O) groups excluding carboxylic acids is 3. The number of aryl methyl sites for hydroxylation is 1. The van der Waals surface area contributed by atoms with Gasteiger partial charge in [-0.1, -0.05) is 41.9 Å². The van der Waals surface area contributed by atoms with Crippen LogP contribution >= 0.6 is 11.6 Å². The third-order valence-electron chi connectivity index (χ3n) is 6.68. The molecule has 0 saturated carbocycles. The average Bonchev–Trinajstić information content (AvgIpc) is 3.00. The van der Waals surface area contributed by atoms with Crippen molar-refractivity contribution in [1.82, 2.24) is 10.2 Å². The summed E-state index contributed by atoms with van der Waals surface area (Å²) < 4.78 is 47.8. The lowest BCUT2D eigenvalue weighted by atomic mass is 10.0. The SMILES string of the molecule is NCCN(CCN)C(=O)C[C@H](N)C(=O)N[C@@H](CCc1ccccc1)C(=O)Nc1ccc(Oc2ccc(Cl)cc2)cc1C(F)(F)F. The molecule has 14 heteroatoms. The van der Waals surface area contributed by atoms with Crippen molar-refractivity contribution >= 4 is 35.0 Å². The molecule has 0 heterocycles. The molecule has 10 nitrogen and oxygen atoms in total. The Morgan fingerprint density at radius 3 is 2.11 bits per heavy atom. The van der Waals surface area contributed by atoms with Crippen molar-refractivity contribution in [3.05, 3.63) is 88.9 Å². The number of nitrogens with two attached hydrogens (primary N) is 3. The van der Waals surface area contributed by atoms with Crippen molar-refractivity contribution in [2.45, 2.75) is 37.5 Å². The van der Waals surface area contributed by atoms with Crippen LogP contribution in [0.4, 0.5) is 18.9 Å². The lowest BCUT2D eigenvalue weighted by Gasteiger charge is -2.24. The van der Waals surface area contributed by atoms with Crippen molar-refractivity contribution in [3.8, 4) is 11.5 Å². The van der Waals surface area contributed by atoms with Crippen LogP contribution < -0.4 is 32.6 Å². The molecule has 0 fully saturated rings. The van der Waals surface area contributed by atoms with Gasteiger partial charge in [0.05, 0.1) is 23.7 Å². The van der Waals surface area contributed by atoms with Gasteiger partial charge in [-0.15, -0.1) is 0 Å². The number of hydrogen-bond donors (Lipinski definition) is 5. The number of benzene rings is 3. The van der Waals surface area contributed by atoms with Crippen LogP contribution in [0.3, 0.4) is 0 Å². The third kappa shape index (κ3) is 11.0. The molecule has 0 spiro atoms. The van der Waals surface area contributed by atoms with Crippen LogP contribution in [0.5, 0.6) is 11.5 Å². The second-order valence-electron chi connectivity index (χ2n) is 10.1. The Kier molecular flexibility index (Phi) is 13.2. The van der Waals surface area contributed by atoms with Crippen molar-refractivity contribution in [3.63, 3.8) is 0 Å². The van der Waals surface area contributed by atoms with Crippen LogP contribution in [0.2, 0.25) is 5.02 Å². The van der Waals surface area contributed by atoms with Crippen LogP contribution in [0.1, 0.15) is 24.0 Å². The van der Waals surface area contributed by atoms with Crippen LogP contribution in [-0.4, -0.2) is 60.9 Å². The van der Waals surface area contributed by atoms with Gasteiger partial charge >= 0.3 is 6.18 Å². The van der Waals surface area contributed by atoms with Gasteiger partial charge in [0.25, 0.3) is 0 Å². The zero-order valence-corrected chi connectivity index (χ0v) is 25.1. The van der Waals surface area contributed by atoms with Crippen LogP contribution in [-0.2, 0) is 27.0 Å².